The van der Waals surface area contributed by atoms with E-state index >= 15 is 0 Å². The van der Waals surface area contributed by atoms with E-state index in [1.54, 1.807) is 6.20 Å². The molecule has 0 aliphatic heterocycles. The van der Waals surface area contributed by atoms with Gasteiger partial charge in [0.1, 0.15) is 0 Å². The summed E-state index contributed by atoms with van der Waals surface area (Å²) in [6.07, 6.45) is 15.6. The molecule has 1 aromatic heterocycles. The normalized spacial score (nSPS) is 10.6. The minimum atomic E-state index is 0.843. The lowest BCUT2D eigenvalue weighted by atomic mass is 10.0. The number of unbranched alkanes of at least 4 members (excludes halogenated alkanes) is 7. The first kappa shape index (κ1) is 14.0. The van der Waals surface area contributed by atoms with Gasteiger partial charge >= 0.3 is 0 Å². The van der Waals surface area contributed by atoms with Gasteiger partial charge < -0.3 is 5.73 Å². The Balaban J connectivity index is 1.99. The highest BCUT2D eigenvalue weighted by atomic mass is 14.7. The quantitative estimate of drug-likeness (QED) is 0.645. The summed E-state index contributed by atoms with van der Waals surface area (Å²) in [6.45, 7) is 2.26. The molecule has 1 aromatic rings. The van der Waals surface area contributed by atoms with Gasteiger partial charge in [-0.25, -0.2) is 0 Å². The first-order valence-electron chi connectivity index (χ1n) is 7.03. The third-order valence-corrected chi connectivity index (χ3v) is 3.25. The molecule has 0 unspecified atom stereocenters. The number of aryl methyl sites for hydroxylation is 1. The summed E-state index contributed by atoms with van der Waals surface area (Å²) in [5, 5.41) is 0. The molecule has 0 amide bonds. The number of rotatable bonds is 9. The Labute approximate surface area is 106 Å². The lowest BCUT2D eigenvalue weighted by Crippen LogP contribution is -1.95. The second kappa shape index (κ2) is 9.03. The SMILES string of the molecule is CCCCCCCCCCc1ccncc1N. The maximum atomic E-state index is 5.85. The van der Waals surface area contributed by atoms with Gasteiger partial charge in [0.2, 0.25) is 0 Å². The van der Waals surface area contributed by atoms with Crippen molar-refractivity contribution in [2.75, 3.05) is 5.73 Å². The summed E-state index contributed by atoms with van der Waals surface area (Å²) in [7, 11) is 0. The van der Waals surface area contributed by atoms with Gasteiger partial charge in [-0.15, -0.1) is 0 Å². The highest BCUT2D eigenvalue weighted by molar-refractivity contribution is 5.43. The smallest absolute Gasteiger partial charge is 0.0533 e. The average Bonchev–Trinajstić information content (AvgIpc) is 2.35. The largest absolute Gasteiger partial charge is 0.397 e. The molecule has 0 aromatic carbocycles. The summed E-state index contributed by atoms with van der Waals surface area (Å²) in [5.74, 6) is 0. The van der Waals surface area contributed by atoms with Gasteiger partial charge in [-0.2, -0.15) is 0 Å². The van der Waals surface area contributed by atoms with Crippen LogP contribution in [0.4, 0.5) is 5.69 Å². The van der Waals surface area contributed by atoms with Crippen molar-refractivity contribution in [2.24, 2.45) is 0 Å². The minimum absolute atomic E-state index is 0.843. The van der Waals surface area contributed by atoms with E-state index < -0.39 is 0 Å². The summed E-state index contributed by atoms with van der Waals surface area (Å²) in [4.78, 5) is 4.01. The average molecular weight is 234 g/mol. The number of hydrogen-bond donors (Lipinski definition) is 1. The molecule has 1 heterocycles. The van der Waals surface area contributed by atoms with Crippen molar-refractivity contribution in [3.05, 3.63) is 24.0 Å². The van der Waals surface area contributed by atoms with Gasteiger partial charge in [-0.3, -0.25) is 4.98 Å². The van der Waals surface area contributed by atoms with E-state index in [1.165, 1.54) is 56.9 Å². The van der Waals surface area contributed by atoms with E-state index in [4.69, 9.17) is 5.73 Å². The van der Waals surface area contributed by atoms with Crippen molar-refractivity contribution < 1.29 is 0 Å². The van der Waals surface area contributed by atoms with Gasteiger partial charge in [-0.1, -0.05) is 51.9 Å². The predicted octanol–water partition coefficient (Wildman–Crippen LogP) is 4.35. The summed E-state index contributed by atoms with van der Waals surface area (Å²) in [5.41, 5.74) is 7.95. The number of nitrogen functional groups attached to an aromatic ring is 1. The third-order valence-electron chi connectivity index (χ3n) is 3.25. The van der Waals surface area contributed by atoms with Crippen LogP contribution in [-0.4, -0.2) is 4.98 Å². The summed E-state index contributed by atoms with van der Waals surface area (Å²) < 4.78 is 0. The van der Waals surface area contributed by atoms with Crippen molar-refractivity contribution in [1.82, 2.24) is 4.98 Å². The molecule has 0 radical (unpaired) electrons. The van der Waals surface area contributed by atoms with Crippen molar-refractivity contribution in [1.29, 1.82) is 0 Å². The second-order valence-electron chi connectivity index (χ2n) is 4.80. The van der Waals surface area contributed by atoms with Crippen LogP contribution in [0.25, 0.3) is 0 Å². The van der Waals surface area contributed by atoms with E-state index in [1.807, 2.05) is 12.3 Å². The molecule has 96 valence electrons. The fourth-order valence-electron chi connectivity index (χ4n) is 2.11. The maximum Gasteiger partial charge on any atom is 0.0533 e. The van der Waals surface area contributed by atoms with Crippen LogP contribution < -0.4 is 5.73 Å². The van der Waals surface area contributed by atoms with Crippen LogP contribution in [0.2, 0.25) is 0 Å². The Kier molecular flexibility index (Phi) is 7.44. The summed E-state index contributed by atoms with van der Waals surface area (Å²) in [6, 6.07) is 2.04. The molecule has 1 rings (SSSR count). The van der Waals surface area contributed by atoms with Crippen molar-refractivity contribution in [2.45, 2.75) is 64.7 Å². The maximum absolute atomic E-state index is 5.85. The second-order valence-corrected chi connectivity index (χ2v) is 4.80. The lowest BCUT2D eigenvalue weighted by Gasteiger charge is -2.04. The van der Waals surface area contributed by atoms with Crippen molar-refractivity contribution in [3.8, 4) is 0 Å². The molecule has 0 atom stereocenters. The van der Waals surface area contributed by atoms with Gasteiger partial charge in [0.05, 0.1) is 11.9 Å². The Hall–Kier alpha value is -1.05. The molecule has 0 aliphatic carbocycles. The van der Waals surface area contributed by atoms with E-state index in [9.17, 15) is 0 Å². The van der Waals surface area contributed by atoms with Crippen LogP contribution in [0, 0.1) is 0 Å². The highest BCUT2D eigenvalue weighted by Gasteiger charge is 1.98. The third kappa shape index (κ3) is 6.30. The van der Waals surface area contributed by atoms with Gasteiger partial charge in [-0.05, 0) is 24.5 Å². The molecule has 2 heteroatoms. The fourth-order valence-corrected chi connectivity index (χ4v) is 2.11. The molecule has 0 fully saturated rings. The number of hydrogen-bond acceptors (Lipinski definition) is 2. The molecular formula is C15H26N2. The van der Waals surface area contributed by atoms with Crippen molar-refractivity contribution in [3.63, 3.8) is 0 Å². The van der Waals surface area contributed by atoms with Crippen LogP contribution >= 0.6 is 0 Å². The molecule has 0 spiro atoms. The zero-order valence-electron chi connectivity index (χ0n) is 11.1. The van der Waals surface area contributed by atoms with Crippen molar-refractivity contribution >= 4 is 5.69 Å². The van der Waals surface area contributed by atoms with Crippen LogP contribution in [-0.2, 0) is 6.42 Å². The van der Waals surface area contributed by atoms with E-state index in [0.717, 1.165) is 12.1 Å². The van der Waals surface area contributed by atoms with Gasteiger partial charge in [0, 0.05) is 6.20 Å². The Morgan fingerprint density at radius 3 is 2.29 bits per heavy atom. The Morgan fingerprint density at radius 1 is 1.00 bits per heavy atom. The topological polar surface area (TPSA) is 38.9 Å². The zero-order valence-corrected chi connectivity index (χ0v) is 11.1. The predicted molar refractivity (Wildman–Crippen MR) is 75.0 cm³/mol. The minimum Gasteiger partial charge on any atom is -0.397 e. The first-order chi connectivity index (χ1) is 8.34. The van der Waals surface area contributed by atoms with Crippen LogP contribution in [0.3, 0.4) is 0 Å². The Morgan fingerprint density at radius 2 is 1.65 bits per heavy atom. The zero-order chi connectivity index (χ0) is 12.3. The number of nitrogens with zero attached hydrogens (tertiary/aromatic N) is 1. The molecule has 17 heavy (non-hydrogen) atoms. The molecular weight excluding hydrogens is 208 g/mol. The number of anilines is 1. The van der Waals surface area contributed by atoms with Crippen LogP contribution in [0.15, 0.2) is 18.5 Å². The standard InChI is InChI=1S/C15H26N2/c1-2-3-4-5-6-7-8-9-10-14-11-12-17-13-15(14)16/h11-13H,2-10,16H2,1H3. The Bertz CT molecular complexity index is 297. The lowest BCUT2D eigenvalue weighted by molar-refractivity contribution is 0.575. The van der Waals surface area contributed by atoms with Gasteiger partial charge in [0.15, 0.2) is 0 Å². The summed E-state index contributed by atoms with van der Waals surface area (Å²) >= 11 is 0. The van der Waals surface area contributed by atoms with Gasteiger partial charge in [0.25, 0.3) is 0 Å². The fraction of sp³-hybridized carbons (Fsp3) is 0.667. The highest BCUT2D eigenvalue weighted by Crippen LogP contribution is 2.14. The molecule has 0 aliphatic rings. The number of aromatic nitrogens is 1. The monoisotopic (exact) mass is 234 g/mol. The van der Waals surface area contributed by atoms with E-state index in [0.29, 0.717) is 0 Å². The first-order valence-corrected chi connectivity index (χ1v) is 7.03. The molecule has 0 saturated heterocycles. The molecule has 0 bridgehead atoms. The molecule has 2 nitrogen and oxygen atoms in total. The van der Waals surface area contributed by atoms with Crippen LogP contribution in [0.5, 0.6) is 0 Å². The van der Waals surface area contributed by atoms with Crippen LogP contribution in [0.1, 0.15) is 63.9 Å². The van der Waals surface area contributed by atoms with E-state index in [2.05, 4.69) is 11.9 Å². The molecule has 2 N–H and O–H groups in total. The molecule has 0 saturated carbocycles. The number of pyridine rings is 1. The van der Waals surface area contributed by atoms with E-state index in [-0.39, 0.29) is 0 Å². The number of nitrogens with two attached hydrogens (primary N) is 1.